The van der Waals surface area contributed by atoms with E-state index >= 15 is 0 Å². The van der Waals surface area contributed by atoms with Crippen molar-refractivity contribution >= 4 is 23.5 Å². The van der Waals surface area contributed by atoms with Gasteiger partial charge in [-0.1, -0.05) is 24.3 Å². The van der Waals surface area contributed by atoms with Gasteiger partial charge in [-0.25, -0.2) is 0 Å². The lowest BCUT2D eigenvalue weighted by Gasteiger charge is -2.08. The molecule has 0 unspecified atom stereocenters. The van der Waals surface area contributed by atoms with Crippen LogP contribution in [0.1, 0.15) is 10.4 Å². The molecule has 0 atom stereocenters. The van der Waals surface area contributed by atoms with Crippen molar-refractivity contribution < 1.29 is 23.9 Å². The number of hydrogen-bond donors (Lipinski definition) is 2. The van der Waals surface area contributed by atoms with Crippen molar-refractivity contribution in [3.05, 3.63) is 60.2 Å². The fraction of sp³-hybridized carbons (Fsp3) is 0.167. The summed E-state index contributed by atoms with van der Waals surface area (Å²) in [6.45, 7) is -0.766. The van der Waals surface area contributed by atoms with E-state index in [9.17, 15) is 14.4 Å². The first kappa shape index (κ1) is 18.0. The first-order valence-corrected chi connectivity index (χ1v) is 7.51. The fourth-order valence-corrected chi connectivity index (χ4v) is 1.93. The van der Waals surface area contributed by atoms with E-state index in [2.05, 4.69) is 10.6 Å². The number of carbonyl (C=O) groups excluding carboxylic acids is 3. The van der Waals surface area contributed by atoms with E-state index in [4.69, 9.17) is 9.47 Å². The van der Waals surface area contributed by atoms with E-state index in [1.807, 2.05) is 6.07 Å². The van der Waals surface area contributed by atoms with Crippen LogP contribution in [0.15, 0.2) is 54.6 Å². The van der Waals surface area contributed by atoms with Crippen molar-refractivity contribution in [2.24, 2.45) is 0 Å². The quantitative estimate of drug-likeness (QED) is 0.746. The van der Waals surface area contributed by atoms with Gasteiger partial charge in [0.25, 0.3) is 11.8 Å². The maximum atomic E-state index is 11.9. The molecule has 130 valence electrons. The molecule has 0 aliphatic heterocycles. The minimum atomic E-state index is -0.709. The zero-order chi connectivity index (χ0) is 18.1. The average molecular weight is 342 g/mol. The normalized spacial score (nSPS) is 9.80. The largest absolute Gasteiger partial charge is 0.497 e. The van der Waals surface area contributed by atoms with Gasteiger partial charge in [0.1, 0.15) is 12.3 Å². The van der Waals surface area contributed by atoms with Crippen molar-refractivity contribution in [3.63, 3.8) is 0 Å². The Morgan fingerprint density at radius 2 is 1.76 bits per heavy atom. The topological polar surface area (TPSA) is 93.7 Å². The molecule has 0 aromatic heterocycles. The van der Waals surface area contributed by atoms with Crippen molar-refractivity contribution in [2.45, 2.75) is 0 Å². The Morgan fingerprint density at radius 3 is 2.48 bits per heavy atom. The van der Waals surface area contributed by atoms with Gasteiger partial charge < -0.3 is 20.1 Å². The molecule has 0 spiro atoms. The number of methoxy groups -OCH3 is 1. The lowest BCUT2D eigenvalue weighted by molar-refractivity contribution is -0.146. The van der Waals surface area contributed by atoms with Gasteiger partial charge in [-0.15, -0.1) is 0 Å². The van der Waals surface area contributed by atoms with Gasteiger partial charge in [0.2, 0.25) is 0 Å². The molecule has 2 N–H and O–H groups in total. The van der Waals surface area contributed by atoms with Crippen LogP contribution >= 0.6 is 0 Å². The number of para-hydroxylation sites is 1. The Labute approximate surface area is 144 Å². The van der Waals surface area contributed by atoms with Gasteiger partial charge in [-0.05, 0) is 30.3 Å². The molecule has 0 saturated heterocycles. The molecule has 2 amide bonds. The second-order valence-corrected chi connectivity index (χ2v) is 4.99. The predicted molar refractivity (Wildman–Crippen MR) is 91.4 cm³/mol. The third-order valence-corrected chi connectivity index (χ3v) is 3.15. The van der Waals surface area contributed by atoms with Crippen molar-refractivity contribution in [1.29, 1.82) is 0 Å². The predicted octanol–water partition coefficient (Wildman–Crippen LogP) is 1.61. The molecule has 25 heavy (non-hydrogen) atoms. The summed E-state index contributed by atoms with van der Waals surface area (Å²) in [5.74, 6) is -1.07. The van der Waals surface area contributed by atoms with Gasteiger partial charge >= 0.3 is 5.97 Å². The van der Waals surface area contributed by atoms with Crippen LogP contribution in [0, 0.1) is 0 Å². The average Bonchev–Trinajstić information content (AvgIpc) is 2.65. The lowest BCUT2D eigenvalue weighted by Crippen LogP contribution is -2.32. The van der Waals surface area contributed by atoms with E-state index in [-0.39, 0.29) is 6.54 Å². The number of hydrogen-bond acceptors (Lipinski definition) is 5. The second kappa shape index (κ2) is 9.07. The molecule has 0 radical (unpaired) electrons. The highest BCUT2D eigenvalue weighted by molar-refractivity contribution is 5.96. The number of benzene rings is 2. The maximum Gasteiger partial charge on any atom is 0.325 e. The van der Waals surface area contributed by atoms with E-state index in [1.165, 1.54) is 7.11 Å². The molecule has 0 aliphatic rings. The summed E-state index contributed by atoms with van der Waals surface area (Å²) in [6, 6.07) is 15.3. The maximum absolute atomic E-state index is 11.9. The van der Waals surface area contributed by atoms with Crippen molar-refractivity contribution in [3.8, 4) is 5.75 Å². The highest BCUT2D eigenvalue weighted by Gasteiger charge is 2.11. The monoisotopic (exact) mass is 342 g/mol. The molecule has 0 heterocycles. The summed E-state index contributed by atoms with van der Waals surface area (Å²) in [5, 5.41) is 5.01. The van der Waals surface area contributed by atoms with Gasteiger partial charge in [-0.2, -0.15) is 0 Å². The van der Waals surface area contributed by atoms with Gasteiger partial charge in [-0.3, -0.25) is 14.4 Å². The smallest absolute Gasteiger partial charge is 0.325 e. The molecule has 2 aromatic carbocycles. The standard InChI is InChI=1S/C18H18N2O5/c1-24-15-9-5-6-13(10-15)18(23)19-11-17(22)25-12-16(21)20-14-7-3-2-4-8-14/h2-10H,11-12H2,1H3,(H,19,23)(H,20,21). The van der Waals surface area contributed by atoms with Crippen LogP contribution in [0.25, 0.3) is 0 Å². The van der Waals surface area contributed by atoms with Crippen LogP contribution in [0.4, 0.5) is 5.69 Å². The highest BCUT2D eigenvalue weighted by Crippen LogP contribution is 2.12. The summed E-state index contributed by atoms with van der Waals surface area (Å²) < 4.78 is 9.85. The second-order valence-electron chi connectivity index (χ2n) is 4.99. The number of esters is 1. The molecule has 7 nitrogen and oxygen atoms in total. The number of anilines is 1. The summed E-state index contributed by atoms with van der Waals surface area (Å²) in [5.41, 5.74) is 0.962. The minimum absolute atomic E-state index is 0.339. The molecule has 0 aliphatic carbocycles. The summed E-state index contributed by atoms with van der Waals surface area (Å²) in [7, 11) is 1.49. The molecule has 0 saturated carbocycles. The summed E-state index contributed by atoms with van der Waals surface area (Å²) in [4.78, 5) is 35.2. The van der Waals surface area contributed by atoms with Crippen LogP contribution < -0.4 is 15.4 Å². The van der Waals surface area contributed by atoms with E-state index in [0.717, 1.165) is 0 Å². The number of amides is 2. The zero-order valence-corrected chi connectivity index (χ0v) is 13.7. The summed E-state index contributed by atoms with van der Waals surface area (Å²) in [6.07, 6.45) is 0. The van der Waals surface area contributed by atoms with Crippen LogP contribution in [-0.2, 0) is 14.3 Å². The van der Waals surface area contributed by atoms with E-state index in [0.29, 0.717) is 17.0 Å². The first-order valence-electron chi connectivity index (χ1n) is 7.51. The Balaban J connectivity index is 1.73. The van der Waals surface area contributed by atoms with Crippen LogP contribution in [-0.4, -0.2) is 38.0 Å². The van der Waals surface area contributed by atoms with Crippen molar-refractivity contribution in [1.82, 2.24) is 5.32 Å². The molecule has 2 aromatic rings. The Bertz CT molecular complexity index is 746. The zero-order valence-electron chi connectivity index (χ0n) is 13.7. The Morgan fingerprint density at radius 1 is 1.00 bits per heavy atom. The lowest BCUT2D eigenvalue weighted by atomic mass is 10.2. The number of carbonyl (C=O) groups is 3. The Hall–Kier alpha value is -3.35. The molecule has 2 rings (SSSR count). The molecule has 7 heteroatoms. The van der Waals surface area contributed by atoms with Crippen molar-refractivity contribution in [2.75, 3.05) is 25.6 Å². The van der Waals surface area contributed by atoms with Crippen LogP contribution in [0.5, 0.6) is 5.75 Å². The van der Waals surface area contributed by atoms with Crippen LogP contribution in [0.2, 0.25) is 0 Å². The third-order valence-electron chi connectivity index (χ3n) is 3.15. The molecule has 0 bridgehead atoms. The van der Waals surface area contributed by atoms with E-state index in [1.54, 1.807) is 48.5 Å². The number of ether oxygens (including phenoxy) is 2. The minimum Gasteiger partial charge on any atom is -0.497 e. The SMILES string of the molecule is COc1cccc(C(=O)NCC(=O)OCC(=O)Nc2ccccc2)c1. The number of nitrogens with one attached hydrogen (secondary N) is 2. The Kier molecular flexibility index (Phi) is 6.53. The van der Waals surface area contributed by atoms with Gasteiger partial charge in [0.05, 0.1) is 7.11 Å². The van der Waals surface area contributed by atoms with Gasteiger partial charge in [0, 0.05) is 11.3 Å². The molecule has 0 fully saturated rings. The highest BCUT2D eigenvalue weighted by atomic mass is 16.5. The summed E-state index contributed by atoms with van der Waals surface area (Å²) >= 11 is 0. The van der Waals surface area contributed by atoms with Gasteiger partial charge in [0.15, 0.2) is 6.61 Å². The van der Waals surface area contributed by atoms with E-state index < -0.39 is 24.4 Å². The fourth-order valence-electron chi connectivity index (χ4n) is 1.93. The molecular weight excluding hydrogens is 324 g/mol. The number of rotatable bonds is 7. The molecular formula is C18H18N2O5. The van der Waals surface area contributed by atoms with Crippen LogP contribution in [0.3, 0.4) is 0 Å². The first-order chi connectivity index (χ1) is 12.1. The third kappa shape index (κ3) is 5.98.